The van der Waals surface area contributed by atoms with Gasteiger partial charge in [0.2, 0.25) is 0 Å². The summed E-state index contributed by atoms with van der Waals surface area (Å²) in [5.74, 6) is 0.997. The van der Waals surface area contributed by atoms with E-state index in [0.717, 1.165) is 18.4 Å². The van der Waals surface area contributed by atoms with E-state index in [9.17, 15) is 15.3 Å². The molecule has 0 radical (unpaired) electrons. The van der Waals surface area contributed by atoms with Gasteiger partial charge in [-0.25, -0.2) is 0 Å². The normalized spacial score (nSPS) is 36.7. The summed E-state index contributed by atoms with van der Waals surface area (Å²) in [6.45, 7) is 8.62. The summed E-state index contributed by atoms with van der Waals surface area (Å²) in [7, 11) is 0. The minimum atomic E-state index is -0.397. The van der Waals surface area contributed by atoms with Gasteiger partial charge in [-0.3, -0.25) is 0 Å². The SMILES string of the molecule is CC(C)c1cc2c(cc1O)[C@@]1(C)C[C@@H](O)CC(C)(CO)C1CC2. The molecule has 3 N–H and O–H groups in total. The summed E-state index contributed by atoms with van der Waals surface area (Å²) in [5.41, 5.74) is 3.05. The van der Waals surface area contributed by atoms with Crippen molar-refractivity contribution in [3.05, 3.63) is 28.8 Å². The molecule has 0 bridgehead atoms. The van der Waals surface area contributed by atoms with E-state index in [2.05, 4.69) is 33.8 Å². The van der Waals surface area contributed by atoms with Crippen molar-refractivity contribution < 1.29 is 15.3 Å². The van der Waals surface area contributed by atoms with Crippen molar-refractivity contribution in [1.29, 1.82) is 0 Å². The van der Waals surface area contributed by atoms with Gasteiger partial charge in [0.15, 0.2) is 0 Å². The number of hydrogen-bond acceptors (Lipinski definition) is 3. The van der Waals surface area contributed by atoms with Crippen LogP contribution in [-0.2, 0) is 11.8 Å². The summed E-state index contributed by atoms with van der Waals surface area (Å²) in [6.07, 6.45) is 3.00. The van der Waals surface area contributed by atoms with E-state index in [0.29, 0.717) is 30.4 Å². The molecule has 0 saturated heterocycles. The quantitative estimate of drug-likeness (QED) is 0.782. The van der Waals surface area contributed by atoms with Crippen molar-refractivity contribution in [3.8, 4) is 5.75 Å². The first-order valence-electron chi connectivity index (χ1n) is 8.86. The largest absolute Gasteiger partial charge is 0.508 e. The maximum absolute atomic E-state index is 10.5. The zero-order valence-corrected chi connectivity index (χ0v) is 14.8. The van der Waals surface area contributed by atoms with Crippen LogP contribution in [-0.4, -0.2) is 28.0 Å². The van der Waals surface area contributed by atoms with Crippen LogP contribution in [0.2, 0.25) is 0 Å². The zero-order valence-electron chi connectivity index (χ0n) is 14.8. The third-order valence-electron chi connectivity index (χ3n) is 6.53. The maximum Gasteiger partial charge on any atom is 0.119 e. The molecule has 0 amide bonds. The summed E-state index contributed by atoms with van der Waals surface area (Å²) in [4.78, 5) is 0. The van der Waals surface area contributed by atoms with E-state index in [4.69, 9.17) is 0 Å². The predicted molar refractivity (Wildman–Crippen MR) is 91.8 cm³/mol. The molecule has 2 unspecified atom stereocenters. The number of aliphatic hydroxyl groups excluding tert-OH is 2. The average Bonchev–Trinajstić information content (AvgIpc) is 2.46. The maximum atomic E-state index is 10.5. The molecule has 0 heterocycles. The molecule has 3 rings (SSSR count). The van der Waals surface area contributed by atoms with Gasteiger partial charge in [-0.2, -0.15) is 0 Å². The van der Waals surface area contributed by atoms with E-state index < -0.39 is 6.10 Å². The summed E-state index contributed by atoms with van der Waals surface area (Å²) < 4.78 is 0. The molecule has 0 aromatic heterocycles. The first-order valence-corrected chi connectivity index (χ1v) is 8.86. The fraction of sp³-hybridized carbons (Fsp3) is 0.700. The van der Waals surface area contributed by atoms with Crippen LogP contribution in [0.15, 0.2) is 12.1 Å². The Labute approximate surface area is 139 Å². The van der Waals surface area contributed by atoms with Crippen molar-refractivity contribution >= 4 is 0 Å². The Hall–Kier alpha value is -1.06. The van der Waals surface area contributed by atoms with E-state index >= 15 is 0 Å². The predicted octanol–water partition coefficient (Wildman–Crippen LogP) is 3.49. The van der Waals surface area contributed by atoms with Gasteiger partial charge in [-0.15, -0.1) is 0 Å². The number of phenols is 1. The highest BCUT2D eigenvalue weighted by Gasteiger charge is 2.54. The Morgan fingerprint density at radius 1 is 1.22 bits per heavy atom. The van der Waals surface area contributed by atoms with Gasteiger partial charge in [0.05, 0.1) is 6.10 Å². The zero-order chi connectivity index (χ0) is 17.0. The van der Waals surface area contributed by atoms with Crippen LogP contribution in [0, 0.1) is 11.3 Å². The molecule has 0 aliphatic heterocycles. The molecule has 4 atom stereocenters. The summed E-state index contributed by atoms with van der Waals surface area (Å²) in [6, 6.07) is 4.10. The number of rotatable bonds is 2. The van der Waals surface area contributed by atoms with Gasteiger partial charge in [-0.05, 0) is 71.1 Å². The van der Waals surface area contributed by atoms with E-state index in [-0.39, 0.29) is 17.4 Å². The highest BCUT2D eigenvalue weighted by Crippen LogP contribution is 2.57. The number of benzene rings is 1. The molecule has 2 aliphatic carbocycles. The molecule has 2 aliphatic rings. The average molecular weight is 318 g/mol. The number of aromatic hydroxyl groups is 1. The molecule has 23 heavy (non-hydrogen) atoms. The van der Waals surface area contributed by atoms with Crippen LogP contribution in [0.4, 0.5) is 0 Å². The summed E-state index contributed by atoms with van der Waals surface area (Å²) >= 11 is 0. The topological polar surface area (TPSA) is 60.7 Å². The van der Waals surface area contributed by atoms with Gasteiger partial charge in [-0.1, -0.05) is 33.8 Å². The summed E-state index contributed by atoms with van der Waals surface area (Å²) in [5, 5.41) is 30.9. The smallest absolute Gasteiger partial charge is 0.119 e. The molecule has 1 aromatic carbocycles. The fourth-order valence-corrected chi connectivity index (χ4v) is 5.45. The number of hydrogen-bond donors (Lipinski definition) is 3. The molecule has 3 heteroatoms. The van der Waals surface area contributed by atoms with Crippen molar-refractivity contribution in [2.75, 3.05) is 6.61 Å². The lowest BCUT2D eigenvalue weighted by atomic mass is 9.49. The standard InChI is InChI=1S/C20H30O3/c1-12(2)15-7-13-5-6-18-19(3,11-21)9-14(22)10-20(18,4)16(13)8-17(15)23/h7-8,12,14,18,21-23H,5-6,9-11H2,1-4H3/t14-,18?,19?,20+/m0/s1. The van der Waals surface area contributed by atoms with Gasteiger partial charge in [0, 0.05) is 6.61 Å². The Kier molecular flexibility index (Phi) is 4.01. The molecule has 3 nitrogen and oxygen atoms in total. The van der Waals surface area contributed by atoms with Crippen molar-refractivity contribution in [2.24, 2.45) is 11.3 Å². The van der Waals surface area contributed by atoms with Crippen molar-refractivity contribution in [2.45, 2.75) is 70.8 Å². The van der Waals surface area contributed by atoms with E-state index in [1.165, 1.54) is 11.1 Å². The minimum Gasteiger partial charge on any atom is -0.508 e. The van der Waals surface area contributed by atoms with E-state index in [1.807, 2.05) is 6.07 Å². The third kappa shape index (κ3) is 2.49. The van der Waals surface area contributed by atoms with Gasteiger partial charge in [0.1, 0.15) is 5.75 Å². The van der Waals surface area contributed by atoms with Crippen LogP contribution < -0.4 is 0 Å². The van der Waals surface area contributed by atoms with Crippen LogP contribution >= 0.6 is 0 Å². The number of fused-ring (bicyclic) bond motifs is 3. The molecular weight excluding hydrogens is 288 g/mol. The molecular formula is C20H30O3. The van der Waals surface area contributed by atoms with Crippen LogP contribution in [0.5, 0.6) is 5.75 Å². The molecule has 0 spiro atoms. The van der Waals surface area contributed by atoms with Crippen LogP contribution in [0.3, 0.4) is 0 Å². The second kappa shape index (κ2) is 5.49. The first-order chi connectivity index (χ1) is 10.7. The lowest BCUT2D eigenvalue weighted by Gasteiger charge is -2.56. The first kappa shape index (κ1) is 16.8. The number of aryl methyl sites for hydroxylation is 1. The second-order valence-corrected chi connectivity index (χ2v) is 8.61. The van der Waals surface area contributed by atoms with Gasteiger partial charge >= 0.3 is 0 Å². The third-order valence-corrected chi connectivity index (χ3v) is 6.53. The van der Waals surface area contributed by atoms with Crippen molar-refractivity contribution in [3.63, 3.8) is 0 Å². The van der Waals surface area contributed by atoms with Crippen LogP contribution in [0.1, 0.15) is 69.6 Å². The Morgan fingerprint density at radius 2 is 1.91 bits per heavy atom. The van der Waals surface area contributed by atoms with Crippen molar-refractivity contribution in [1.82, 2.24) is 0 Å². The monoisotopic (exact) mass is 318 g/mol. The highest BCUT2D eigenvalue weighted by atomic mass is 16.3. The molecule has 128 valence electrons. The molecule has 1 fully saturated rings. The Balaban J connectivity index is 2.13. The molecule has 1 saturated carbocycles. The fourth-order valence-electron chi connectivity index (χ4n) is 5.45. The van der Waals surface area contributed by atoms with Gasteiger partial charge in [0.25, 0.3) is 0 Å². The van der Waals surface area contributed by atoms with Crippen LogP contribution in [0.25, 0.3) is 0 Å². The van der Waals surface area contributed by atoms with Gasteiger partial charge < -0.3 is 15.3 Å². The minimum absolute atomic E-state index is 0.107. The van der Waals surface area contributed by atoms with E-state index in [1.54, 1.807) is 0 Å². The number of aliphatic hydroxyl groups is 2. The highest BCUT2D eigenvalue weighted by molar-refractivity contribution is 5.49. The Bertz CT molecular complexity index is 609. The second-order valence-electron chi connectivity index (χ2n) is 8.61. The Morgan fingerprint density at radius 3 is 2.52 bits per heavy atom. The number of phenolic OH excluding ortho intramolecular Hbond substituents is 1. The lowest BCUT2D eigenvalue weighted by molar-refractivity contribution is -0.0735. The molecule has 1 aromatic rings. The lowest BCUT2D eigenvalue weighted by Crippen LogP contribution is -2.54.